The van der Waals surface area contributed by atoms with Gasteiger partial charge in [0.2, 0.25) is 11.8 Å². The third kappa shape index (κ3) is 2.56. The fourth-order valence-electron chi connectivity index (χ4n) is 2.77. The highest BCUT2D eigenvalue weighted by Gasteiger charge is 2.35. The summed E-state index contributed by atoms with van der Waals surface area (Å²) in [7, 11) is 0. The maximum Gasteiger partial charge on any atom is 0.229 e. The highest BCUT2D eigenvalue weighted by atomic mass is 16.2. The van der Waals surface area contributed by atoms with Crippen molar-refractivity contribution in [2.75, 3.05) is 6.54 Å². The maximum absolute atomic E-state index is 12.4. The molecule has 0 spiro atoms. The van der Waals surface area contributed by atoms with Crippen LogP contribution in [0.4, 0.5) is 0 Å². The van der Waals surface area contributed by atoms with Crippen molar-refractivity contribution in [3.8, 4) is 0 Å². The number of primary amides is 1. The summed E-state index contributed by atoms with van der Waals surface area (Å²) in [4.78, 5) is 25.4. The first-order chi connectivity index (χ1) is 8.49. The molecule has 0 bridgehead atoms. The molecule has 1 fully saturated rings. The third-order valence-corrected chi connectivity index (χ3v) is 4.00. The zero-order chi connectivity index (χ0) is 13.3. The van der Waals surface area contributed by atoms with E-state index in [4.69, 9.17) is 11.5 Å². The van der Waals surface area contributed by atoms with E-state index in [1.54, 1.807) is 4.90 Å². The van der Waals surface area contributed by atoms with Crippen LogP contribution in [0.5, 0.6) is 0 Å². The SMILES string of the molecule is CC1CCC(C(N)=O)CN1C(=O)C1C=CC(N)C1. The summed E-state index contributed by atoms with van der Waals surface area (Å²) in [5, 5.41) is 0. The smallest absolute Gasteiger partial charge is 0.229 e. The monoisotopic (exact) mass is 251 g/mol. The number of hydrogen-bond donors (Lipinski definition) is 2. The van der Waals surface area contributed by atoms with E-state index in [2.05, 4.69) is 0 Å². The van der Waals surface area contributed by atoms with Gasteiger partial charge in [-0.1, -0.05) is 12.2 Å². The van der Waals surface area contributed by atoms with Crippen LogP contribution >= 0.6 is 0 Å². The Morgan fingerprint density at radius 2 is 2.00 bits per heavy atom. The van der Waals surface area contributed by atoms with Gasteiger partial charge in [0.15, 0.2) is 0 Å². The van der Waals surface area contributed by atoms with Gasteiger partial charge in [-0.3, -0.25) is 9.59 Å². The Morgan fingerprint density at radius 3 is 2.56 bits per heavy atom. The van der Waals surface area contributed by atoms with Gasteiger partial charge < -0.3 is 16.4 Å². The molecule has 0 aromatic heterocycles. The molecule has 4 N–H and O–H groups in total. The van der Waals surface area contributed by atoms with Gasteiger partial charge in [-0.05, 0) is 26.2 Å². The molecule has 0 radical (unpaired) electrons. The lowest BCUT2D eigenvalue weighted by molar-refractivity contribution is -0.140. The van der Waals surface area contributed by atoms with Crippen LogP contribution in [0.25, 0.3) is 0 Å². The summed E-state index contributed by atoms with van der Waals surface area (Å²) in [6.45, 7) is 2.47. The predicted octanol–water partition coefficient (Wildman–Crippen LogP) is 0.00220. The number of piperidine rings is 1. The molecule has 1 saturated heterocycles. The van der Waals surface area contributed by atoms with E-state index in [1.165, 1.54) is 0 Å². The van der Waals surface area contributed by atoms with Crippen LogP contribution in [0.1, 0.15) is 26.2 Å². The highest BCUT2D eigenvalue weighted by Crippen LogP contribution is 2.26. The molecule has 0 saturated carbocycles. The third-order valence-electron chi connectivity index (χ3n) is 4.00. The van der Waals surface area contributed by atoms with Gasteiger partial charge in [-0.25, -0.2) is 0 Å². The van der Waals surface area contributed by atoms with Crippen molar-refractivity contribution in [1.82, 2.24) is 4.90 Å². The van der Waals surface area contributed by atoms with Crippen LogP contribution in [0.3, 0.4) is 0 Å². The quantitative estimate of drug-likeness (QED) is 0.677. The minimum Gasteiger partial charge on any atom is -0.369 e. The van der Waals surface area contributed by atoms with Crippen molar-refractivity contribution in [2.45, 2.75) is 38.3 Å². The molecule has 1 heterocycles. The number of likely N-dealkylation sites (tertiary alicyclic amines) is 1. The van der Waals surface area contributed by atoms with E-state index in [0.717, 1.165) is 12.8 Å². The predicted molar refractivity (Wildman–Crippen MR) is 68.3 cm³/mol. The van der Waals surface area contributed by atoms with E-state index in [1.807, 2.05) is 19.1 Å². The number of nitrogens with two attached hydrogens (primary N) is 2. The van der Waals surface area contributed by atoms with Crippen molar-refractivity contribution in [3.05, 3.63) is 12.2 Å². The van der Waals surface area contributed by atoms with Crippen LogP contribution < -0.4 is 11.5 Å². The Bertz CT molecular complexity index is 380. The van der Waals surface area contributed by atoms with Gasteiger partial charge in [0.25, 0.3) is 0 Å². The molecule has 2 aliphatic rings. The second kappa shape index (κ2) is 5.10. The summed E-state index contributed by atoms with van der Waals surface area (Å²) >= 11 is 0. The van der Waals surface area contributed by atoms with Gasteiger partial charge in [-0.2, -0.15) is 0 Å². The first kappa shape index (κ1) is 13.1. The average molecular weight is 251 g/mol. The molecule has 4 atom stereocenters. The molecule has 0 aromatic rings. The summed E-state index contributed by atoms with van der Waals surface area (Å²) in [5.41, 5.74) is 11.1. The van der Waals surface area contributed by atoms with E-state index in [9.17, 15) is 9.59 Å². The lowest BCUT2D eigenvalue weighted by Gasteiger charge is -2.38. The highest BCUT2D eigenvalue weighted by molar-refractivity contribution is 5.83. The summed E-state index contributed by atoms with van der Waals surface area (Å²) in [6.07, 6.45) is 6.04. The van der Waals surface area contributed by atoms with Gasteiger partial charge >= 0.3 is 0 Å². The van der Waals surface area contributed by atoms with Crippen molar-refractivity contribution in [2.24, 2.45) is 23.3 Å². The molecule has 5 nitrogen and oxygen atoms in total. The van der Waals surface area contributed by atoms with Crippen LogP contribution in [0, 0.1) is 11.8 Å². The van der Waals surface area contributed by atoms with Gasteiger partial charge in [-0.15, -0.1) is 0 Å². The summed E-state index contributed by atoms with van der Waals surface area (Å²) in [6, 6.07) is 0.157. The standard InChI is InChI=1S/C13H21N3O2/c1-8-2-3-10(12(15)17)7-16(8)13(18)9-4-5-11(14)6-9/h4-5,8-11H,2-3,6-7,14H2,1H3,(H2,15,17). The second-order valence-corrected chi connectivity index (χ2v) is 5.41. The summed E-state index contributed by atoms with van der Waals surface area (Å²) in [5.74, 6) is -0.561. The molecule has 18 heavy (non-hydrogen) atoms. The Labute approximate surface area is 107 Å². The molecule has 1 aliphatic heterocycles. The molecule has 5 heteroatoms. The molecular weight excluding hydrogens is 230 g/mol. The van der Waals surface area contributed by atoms with E-state index >= 15 is 0 Å². The topological polar surface area (TPSA) is 89.4 Å². The fraction of sp³-hybridized carbons (Fsp3) is 0.692. The molecule has 2 amide bonds. The number of nitrogens with zero attached hydrogens (tertiary/aromatic N) is 1. The Morgan fingerprint density at radius 1 is 1.28 bits per heavy atom. The molecule has 0 aromatic carbocycles. The van der Waals surface area contributed by atoms with Crippen molar-refractivity contribution in [1.29, 1.82) is 0 Å². The number of amides is 2. The second-order valence-electron chi connectivity index (χ2n) is 5.41. The van der Waals surface area contributed by atoms with Crippen LogP contribution in [0.2, 0.25) is 0 Å². The number of hydrogen-bond acceptors (Lipinski definition) is 3. The number of carbonyl (C=O) groups excluding carboxylic acids is 2. The zero-order valence-corrected chi connectivity index (χ0v) is 10.7. The number of rotatable bonds is 2. The normalized spacial score (nSPS) is 35.8. The molecule has 1 aliphatic carbocycles. The lowest BCUT2D eigenvalue weighted by atomic mass is 9.91. The largest absolute Gasteiger partial charge is 0.369 e. The Balaban J connectivity index is 2.03. The average Bonchev–Trinajstić information content (AvgIpc) is 2.75. The first-order valence-corrected chi connectivity index (χ1v) is 6.52. The minimum atomic E-state index is -0.307. The molecular formula is C13H21N3O2. The van der Waals surface area contributed by atoms with Gasteiger partial charge in [0.1, 0.15) is 0 Å². The van der Waals surface area contributed by atoms with Crippen LogP contribution in [-0.4, -0.2) is 35.3 Å². The number of carbonyl (C=O) groups is 2. The maximum atomic E-state index is 12.4. The zero-order valence-electron chi connectivity index (χ0n) is 10.7. The molecule has 2 rings (SSSR count). The van der Waals surface area contributed by atoms with Crippen molar-refractivity contribution < 1.29 is 9.59 Å². The first-order valence-electron chi connectivity index (χ1n) is 6.52. The van der Waals surface area contributed by atoms with E-state index < -0.39 is 0 Å². The molecule has 4 unspecified atom stereocenters. The van der Waals surface area contributed by atoms with Crippen molar-refractivity contribution >= 4 is 11.8 Å². The van der Waals surface area contributed by atoms with Crippen molar-refractivity contribution in [3.63, 3.8) is 0 Å². The molecule has 100 valence electrons. The Kier molecular flexibility index (Phi) is 3.71. The van der Waals surface area contributed by atoms with Crippen LogP contribution in [0.15, 0.2) is 12.2 Å². The summed E-state index contributed by atoms with van der Waals surface area (Å²) < 4.78 is 0. The van der Waals surface area contributed by atoms with Gasteiger partial charge in [0.05, 0.1) is 11.8 Å². The van der Waals surface area contributed by atoms with E-state index in [-0.39, 0.29) is 35.7 Å². The van der Waals surface area contributed by atoms with Gasteiger partial charge in [0, 0.05) is 18.6 Å². The van der Waals surface area contributed by atoms with E-state index in [0.29, 0.717) is 13.0 Å². The minimum absolute atomic E-state index is 0.0222. The Hall–Kier alpha value is -1.36. The van der Waals surface area contributed by atoms with Crippen LogP contribution in [-0.2, 0) is 9.59 Å². The fourth-order valence-corrected chi connectivity index (χ4v) is 2.77. The lowest BCUT2D eigenvalue weighted by Crippen LogP contribution is -2.50.